The van der Waals surface area contributed by atoms with Crippen LogP contribution in [0.15, 0.2) is 58.7 Å². The largest absolute Gasteiger partial charge is 0.534 e. The first-order valence-corrected chi connectivity index (χ1v) is 19.0. The molecule has 1 saturated heterocycles. The standard InChI is InChI=1S/C31H29F6N5O7S3/c1-17-14-40(15-18(2)39(17)3)20-7-10-22-24(13-20)42(51(44,45)30(32,33)34)28(38-22)25-26(49-52(46,47)31(35,36)37)27-23(11-12-50-27)41(29(25)43)16-19-5-8-21(48-4)9-6-19/h5-13,17-18H,14-16H2,1-4H3/t17-,18+. The Bertz CT molecular complexity index is 2450. The van der Waals surface area contributed by atoms with Gasteiger partial charge in [-0.15, -0.1) is 11.3 Å². The van der Waals surface area contributed by atoms with E-state index in [-0.39, 0.29) is 33.6 Å². The maximum absolute atomic E-state index is 14.5. The first kappa shape index (κ1) is 37.4. The molecule has 1 aliphatic heterocycles. The van der Waals surface area contributed by atoms with Crippen molar-refractivity contribution in [3.8, 4) is 22.9 Å². The number of rotatable bonds is 8. The molecule has 6 rings (SSSR count). The Hall–Kier alpha value is -4.34. The summed E-state index contributed by atoms with van der Waals surface area (Å²) in [4.78, 5) is 22.4. The average molecular weight is 794 g/mol. The summed E-state index contributed by atoms with van der Waals surface area (Å²) in [5.41, 5.74) is -15.2. The second-order valence-corrected chi connectivity index (χ2v) is 16.4. The van der Waals surface area contributed by atoms with Crippen molar-refractivity contribution in [1.82, 2.24) is 18.4 Å². The van der Waals surface area contributed by atoms with Gasteiger partial charge in [-0.2, -0.15) is 43.2 Å². The fourth-order valence-electron chi connectivity index (χ4n) is 6.00. The second-order valence-electron chi connectivity index (χ2n) is 12.2. The van der Waals surface area contributed by atoms with E-state index in [9.17, 15) is 48.0 Å². The number of methoxy groups -OCH3 is 1. The highest BCUT2D eigenvalue weighted by molar-refractivity contribution is 7.91. The summed E-state index contributed by atoms with van der Waals surface area (Å²) in [7, 11) is -9.76. The zero-order valence-electron chi connectivity index (χ0n) is 27.6. The van der Waals surface area contributed by atoms with Crippen LogP contribution in [0.25, 0.3) is 32.6 Å². The number of imidazole rings is 1. The summed E-state index contributed by atoms with van der Waals surface area (Å²) in [6.45, 7) is 4.30. The molecule has 0 spiro atoms. The summed E-state index contributed by atoms with van der Waals surface area (Å²) >= 11 is 0.605. The van der Waals surface area contributed by atoms with Crippen molar-refractivity contribution in [3.05, 3.63) is 69.8 Å². The molecule has 1 aliphatic rings. The van der Waals surface area contributed by atoms with Gasteiger partial charge in [0.15, 0.2) is 11.6 Å². The van der Waals surface area contributed by atoms with Crippen LogP contribution >= 0.6 is 11.3 Å². The summed E-state index contributed by atoms with van der Waals surface area (Å²) < 4.78 is 146. The third-order valence-electron chi connectivity index (χ3n) is 8.88. The van der Waals surface area contributed by atoms with Crippen molar-refractivity contribution >= 4 is 58.4 Å². The van der Waals surface area contributed by atoms with E-state index >= 15 is 0 Å². The third kappa shape index (κ3) is 6.36. The number of hydrogen-bond acceptors (Lipinski definition) is 11. The smallest absolute Gasteiger partial charge is 0.497 e. The van der Waals surface area contributed by atoms with Crippen molar-refractivity contribution in [1.29, 1.82) is 0 Å². The fourth-order valence-corrected chi connectivity index (χ4v) is 8.39. The van der Waals surface area contributed by atoms with Gasteiger partial charge < -0.3 is 18.4 Å². The molecule has 0 amide bonds. The van der Waals surface area contributed by atoms with E-state index in [2.05, 4.69) is 14.1 Å². The minimum absolute atomic E-state index is 0.0178. The number of benzene rings is 2. The third-order valence-corrected chi connectivity index (χ3v) is 12.2. The number of halogens is 6. The molecule has 0 saturated carbocycles. The van der Waals surface area contributed by atoms with Crippen LogP contribution in [-0.4, -0.2) is 85.6 Å². The molecule has 0 radical (unpaired) electrons. The first-order chi connectivity index (χ1) is 24.2. The van der Waals surface area contributed by atoms with Gasteiger partial charge in [0.2, 0.25) is 0 Å². The van der Waals surface area contributed by atoms with Crippen molar-refractivity contribution < 1.29 is 52.1 Å². The minimum Gasteiger partial charge on any atom is -0.497 e. The Morgan fingerprint density at radius 3 is 2.12 bits per heavy atom. The van der Waals surface area contributed by atoms with Crippen LogP contribution < -0.4 is 19.4 Å². The van der Waals surface area contributed by atoms with Gasteiger partial charge in [0.05, 0.1) is 34.9 Å². The number of nitrogens with zero attached hydrogens (tertiary/aromatic N) is 5. The molecule has 4 heterocycles. The van der Waals surface area contributed by atoms with Gasteiger partial charge in [-0.05, 0) is 68.2 Å². The van der Waals surface area contributed by atoms with E-state index in [1.165, 1.54) is 55.0 Å². The van der Waals surface area contributed by atoms with E-state index in [1.807, 2.05) is 25.8 Å². The molecule has 280 valence electrons. The molecule has 2 aromatic carbocycles. The van der Waals surface area contributed by atoms with E-state index < -0.39 is 64.1 Å². The van der Waals surface area contributed by atoms with Gasteiger partial charge in [0, 0.05) is 30.9 Å². The van der Waals surface area contributed by atoms with Crippen molar-refractivity contribution in [2.75, 3.05) is 32.1 Å². The number of thiophene rings is 1. The Morgan fingerprint density at radius 1 is 0.904 bits per heavy atom. The van der Waals surface area contributed by atoms with Crippen LogP contribution in [-0.2, 0) is 26.7 Å². The van der Waals surface area contributed by atoms with Crippen LogP contribution in [0.2, 0.25) is 0 Å². The van der Waals surface area contributed by atoms with Gasteiger partial charge in [-0.3, -0.25) is 9.69 Å². The number of fused-ring (bicyclic) bond motifs is 2. The number of aromatic nitrogens is 3. The maximum atomic E-state index is 14.5. The quantitative estimate of drug-likeness (QED) is 0.111. The molecule has 2 atom stereocenters. The number of ether oxygens (including phenoxy) is 1. The normalized spacial score (nSPS) is 18.0. The van der Waals surface area contributed by atoms with Crippen LogP contribution in [0.5, 0.6) is 11.5 Å². The van der Waals surface area contributed by atoms with E-state index in [0.717, 1.165) is 10.6 Å². The average Bonchev–Trinajstić information content (AvgIpc) is 3.70. The van der Waals surface area contributed by atoms with Gasteiger partial charge >= 0.3 is 31.2 Å². The lowest BCUT2D eigenvalue weighted by atomic mass is 10.1. The Morgan fingerprint density at radius 2 is 1.54 bits per heavy atom. The lowest BCUT2D eigenvalue weighted by Gasteiger charge is -2.43. The number of pyridine rings is 1. The highest BCUT2D eigenvalue weighted by Gasteiger charge is 2.52. The van der Waals surface area contributed by atoms with Crippen molar-refractivity contribution in [3.63, 3.8) is 0 Å². The molecule has 0 N–H and O–H groups in total. The first-order valence-electron chi connectivity index (χ1n) is 15.3. The molecule has 0 aliphatic carbocycles. The lowest BCUT2D eigenvalue weighted by molar-refractivity contribution is -0.0499. The topological polar surface area (TPSA) is 133 Å². The number of hydrogen-bond donors (Lipinski definition) is 0. The van der Waals surface area contributed by atoms with E-state index in [0.29, 0.717) is 41.4 Å². The number of alkyl halides is 6. The SMILES string of the molecule is COc1ccc(Cn2c(=O)c(-c3nc4ccc(N5C[C@@H](C)N(C)[C@@H](C)C5)cc4n3S(=O)(=O)C(F)(F)F)c(OS(=O)(=O)C(F)(F)F)c3sccc32)cc1. The van der Waals surface area contributed by atoms with Crippen LogP contribution in [0.3, 0.4) is 0 Å². The van der Waals surface area contributed by atoms with E-state index in [4.69, 9.17) is 4.74 Å². The minimum atomic E-state index is -6.56. The molecular weight excluding hydrogens is 765 g/mol. The van der Waals surface area contributed by atoms with Gasteiger partial charge in [0.25, 0.3) is 5.56 Å². The molecule has 3 aromatic heterocycles. The van der Waals surface area contributed by atoms with Crippen molar-refractivity contribution in [2.24, 2.45) is 0 Å². The molecule has 21 heteroatoms. The fraction of sp³-hybridized carbons (Fsp3) is 0.355. The van der Waals surface area contributed by atoms with Crippen LogP contribution in [0.4, 0.5) is 32.0 Å². The second kappa shape index (κ2) is 13.0. The number of anilines is 1. The molecular formula is C31H29F6N5O7S3. The van der Waals surface area contributed by atoms with Gasteiger partial charge in [-0.25, -0.2) is 8.96 Å². The summed E-state index contributed by atoms with van der Waals surface area (Å²) in [6, 6.07) is 11.2. The van der Waals surface area contributed by atoms with Crippen molar-refractivity contribution in [2.45, 2.75) is 43.5 Å². The molecule has 0 unspecified atom stereocenters. The van der Waals surface area contributed by atoms with Gasteiger partial charge in [0.1, 0.15) is 11.3 Å². The Kier molecular flexibility index (Phi) is 9.32. The number of likely N-dealkylation sites (N-methyl/N-ethyl adjacent to an activating group) is 1. The predicted octanol–water partition coefficient (Wildman–Crippen LogP) is 5.59. The summed E-state index contributed by atoms with van der Waals surface area (Å²) in [5, 5.41) is 1.28. The van der Waals surface area contributed by atoms with Crippen LogP contribution in [0, 0.1) is 0 Å². The Balaban J connectivity index is 1.69. The predicted molar refractivity (Wildman–Crippen MR) is 182 cm³/mol. The molecule has 0 bridgehead atoms. The molecule has 12 nitrogen and oxygen atoms in total. The maximum Gasteiger partial charge on any atom is 0.534 e. The zero-order chi connectivity index (χ0) is 38.1. The lowest BCUT2D eigenvalue weighted by Crippen LogP contribution is -2.55. The molecule has 5 aromatic rings. The highest BCUT2D eigenvalue weighted by Crippen LogP contribution is 2.43. The molecule has 52 heavy (non-hydrogen) atoms. The Labute approximate surface area is 296 Å². The molecule has 1 fully saturated rings. The highest BCUT2D eigenvalue weighted by atomic mass is 32.2. The summed E-state index contributed by atoms with van der Waals surface area (Å²) in [5.74, 6) is -2.21. The summed E-state index contributed by atoms with van der Waals surface area (Å²) in [6.07, 6.45) is 0. The van der Waals surface area contributed by atoms with Gasteiger partial charge in [-0.1, -0.05) is 12.1 Å². The number of piperazine rings is 1. The monoisotopic (exact) mass is 793 g/mol. The zero-order valence-corrected chi connectivity index (χ0v) is 30.0. The van der Waals surface area contributed by atoms with E-state index in [1.54, 1.807) is 0 Å². The van der Waals surface area contributed by atoms with Crippen LogP contribution in [0.1, 0.15) is 19.4 Å².